The molecule has 0 aliphatic carbocycles. The summed E-state index contributed by atoms with van der Waals surface area (Å²) in [7, 11) is 0. The van der Waals surface area contributed by atoms with E-state index in [1.54, 1.807) is 25.3 Å². The SMILES string of the molecule is CCOC(=O)c1ccc(OCCCSCC)cn1. The van der Waals surface area contributed by atoms with E-state index in [1.165, 1.54) is 0 Å². The fourth-order valence-corrected chi connectivity index (χ4v) is 1.90. The molecule has 1 heterocycles. The minimum Gasteiger partial charge on any atom is -0.492 e. The van der Waals surface area contributed by atoms with Crippen molar-refractivity contribution in [1.29, 1.82) is 0 Å². The molecule has 0 aliphatic heterocycles. The Balaban J connectivity index is 2.33. The number of ether oxygens (including phenoxy) is 2. The standard InChI is InChI=1S/C13H19NO3S/c1-3-16-13(15)12-7-6-11(10-14-12)17-8-5-9-18-4-2/h6-7,10H,3-5,8-9H2,1-2H3. The first-order chi connectivity index (χ1) is 8.77. The van der Waals surface area contributed by atoms with Crippen LogP contribution in [0.5, 0.6) is 5.75 Å². The van der Waals surface area contributed by atoms with Crippen LogP contribution in [-0.4, -0.2) is 35.7 Å². The Kier molecular flexibility index (Phi) is 7.25. The number of esters is 1. The van der Waals surface area contributed by atoms with Crippen LogP contribution in [0, 0.1) is 0 Å². The van der Waals surface area contributed by atoms with Crippen LogP contribution < -0.4 is 4.74 Å². The zero-order chi connectivity index (χ0) is 13.2. The number of hydrogen-bond donors (Lipinski definition) is 0. The number of aromatic nitrogens is 1. The quantitative estimate of drug-likeness (QED) is 0.536. The summed E-state index contributed by atoms with van der Waals surface area (Å²) in [6.07, 6.45) is 2.57. The monoisotopic (exact) mass is 269 g/mol. The van der Waals surface area contributed by atoms with E-state index in [1.807, 2.05) is 11.8 Å². The molecule has 4 nitrogen and oxygen atoms in total. The fraction of sp³-hybridized carbons (Fsp3) is 0.538. The molecule has 1 aromatic heterocycles. The Morgan fingerprint density at radius 2 is 2.22 bits per heavy atom. The molecule has 0 fully saturated rings. The predicted octanol–water partition coefficient (Wildman–Crippen LogP) is 2.78. The Morgan fingerprint density at radius 1 is 1.39 bits per heavy atom. The summed E-state index contributed by atoms with van der Waals surface area (Å²) in [5.41, 5.74) is 0.311. The second kappa shape index (κ2) is 8.80. The van der Waals surface area contributed by atoms with Crippen LogP contribution in [0.4, 0.5) is 0 Å². The third kappa shape index (κ3) is 5.40. The summed E-state index contributed by atoms with van der Waals surface area (Å²) in [6.45, 7) is 4.94. The number of pyridine rings is 1. The molecule has 0 saturated heterocycles. The van der Waals surface area contributed by atoms with Gasteiger partial charge in [0.05, 0.1) is 19.4 Å². The van der Waals surface area contributed by atoms with Gasteiger partial charge in [-0.25, -0.2) is 9.78 Å². The van der Waals surface area contributed by atoms with Crippen molar-refractivity contribution in [1.82, 2.24) is 4.98 Å². The summed E-state index contributed by atoms with van der Waals surface area (Å²) in [5.74, 6) is 2.52. The molecule has 5 heteroatoms. The molecule has 0 amide bonds. The molecule has 0 spiro atoms. The Morgan fingerprint density at radius 3 is 2.83 bits per heavy atom. The molecule has 18 heavy (non-hydrogen) atoms. The topological polar surface area (TPSA) is 48.4 Å². The highest BCUT2D eigenvalue weighted by molar-refractivity contribution is 7.99. The van der Waals surface area contributed by atoms with Gasteiger partial charge >= 0.3 is 5.97 Å². The molecular weight excluding hydrogens is 250 g/mol. The number of nitrogens with zero attached hydrogens (tertiary/aromatic N) is 1. The summed E-state index contributed by atoms with van der Waals surface area (Å²) in [5, 5.41) is 0. The van der Waals surface area contributed by atoms with Crippen molar-refractivity contribution in [2.75, 3.05) is 24.7 Å². The van der Waals surface area contributed by atoms with E-state index in [-0.39, 0.29) is 0 Å². The van der Waals surface area contributed by atoms with Gasteiger partial charge in [0.25, 0.3) is 0 Å². The van der Waals surface area contributed by atoms with Crippen LogP contribution >= 0.6 is 11.8 Å². The maximum Gasteiger partial charge on any atom is 0.356 e. The van der Waals surface area contributed by atoms with Crippen LogP contribution in [0.25, 0.3) is 0 Å². The number of carbonyl (C=O) groups is 1. The summed E-state index contributed by atoms with van der Waals surface area (Å²) in [6, 6.07) is 3.36. The van der Waals surface area contributed by atoms with Crippen molar-refractivity contribution in [3.63, 3.8) is 0 Å². The summed E-state index contributed by atoms with van der Waals surface area (Å²) in [4.78, 5) is 15.4. The van der Waals surface area contributed by atoms with Crippen molar-refractivity contribution in [2.45, 2.75) is 20.3 Å². The number of hydrogen-bond acceptors (Lipinski definition) is 5. The average molecular weight is 269 g/mol. The van der Waals surface area contributed by atoms with Crippen molar-refractivity contribution >= 4 is 17.7 Å². The number of carbonyl (C=O) groups excluding carboxylic acids is 1. The molecule has 0 unspecified atom stereocenters. The first kappa shape index (κ1) is 14.8. The lowest BCUT2D eigenvalue weighted by molar-refractivity contribution is 0.0519. The van der Waals surface area contributed by atoms with E-state index in [0.717, 1.165) is 17.9 Å². The third-order valence-electron chi connectivity index (χ3n) is 2.13. The van der Waals surface area contributed by atoms with Crippen molar-refractivity contribution in [2.24, 2.45) is 0 Å². The normalized spacial score (nSPS) is 10.1. The second-order valence-corrected chi connectivity index (χ2v) is 4.89. The molecule has 1 aromatic rings. The molecule has 100 valence electrons. The first-order valence-electron chi connectivity index (χ1n) is 6.11. The van der Waals surface area contributed by atoms with Crippen molar-refractivity contribution < 1.29 is 14.3 Å². The molecule has 0 bridgehead atoms. The highest BCUT2D eigenvalue weighted by atomic mass is 32.2. The zero-order valence-corrected chi connectivity index (χ0v) is 11.7. The molecule has 0 aromatic carbocycles. The minimum atomic E-state index is -0.400. The highest BCUT2D eigenvalue weighted by Gasteiger charge is 2.07. The fourth-order valence-electron chi connectivity index (χ4n) is 1.29. The van der Waals surface area contributed by atoms with E-state index >= 15 is 0 Å². The maximum absolute atomic E-state index is 11.4. The van der Waals surface area contributed by atoms with Gasteiger partial charge in [-0.05, 0) is 37.0 Å². The average Bonchev–Trinajstić information content (AvgIpc) is 2.39. The van der Waals surface area contributed by atoms with Crippen LogP contribution in [0.15, 0.2) is 18.3 Å². The van der Waals surface area contributed by atoms with E-state index in [9.17, 15) is 4.79 Å². The summed E-state index contributed by atoms with van der Waals surface area (Å²) >= 11 is 1.90. The van der Waals surface area contributed by atoms with Crippen LogP contribution in [-0.2, 0) is 4.74 Å². The second-order valence-electron chi connectivity index (χ2n) is 3.50. The molecule has 0 radical (unpaired) electrons. The van der Waals surface area contributed by atoms with Gasteiger partial charge in [-0.15, -0.1) is 0 Å². The van der Waals surface area contributed by atoms with Crippen molar-refractivity contribution in [3.05, 3.63) is 24.0 Å². The highest BCUT2D eigenvalue weighted by Crippen LogP contribution is 2.11. The molecule has 0 atom stereocenters. The lowest BCUT2D eigenvalue weighted by Gasteiger charge is -2.06. The smallest absolute Gasteiger partial charge is 0.356 e. The predicted molar refractivity (Wildman–Crippen MR) is 73.3 cm³/mol. The molecule has 0 aliphatic rings. The van der Waals surface area contributed by atoms with E-state index in [4.69, 9.17) is 9.47 Å². The van der Waals surface area contributed by atoms with Gasteiger partial charge in [0.15, 0.2) is 0 Å². The number of thioether (sulfide) groups is 1. The van der Waals surface area contributed by atoms with Gasteiger partial charge < -0.3 is 9.47 Å². The number of rotatable bonds is 8. The summed E-state index contributed by atoms with van der Waals surface area (Å²) < 4.78 is 10.4. The Labute approximate surface area is 112 Å². The molecule has 0 saturated carbocycles. The Hall–Kier alpha value is -1.23. The lowest BCUT2D eigenvalue weighted by Crippen LogP contribution is -2.07. The Bertz CT molecular complexity index is 354. The van der Waals surface area contributed by atoms with Gasteiger partial charge in [-0.1, -0.05) is 6.92 Å². The first-order valence-corrected chi connectivity index (χ1v) is 7.27. The minimum absolute atomic E-state index is 0.311. The zero-order valence-electron chi connectivity index (χ0n) is 10.8. The van der Waals surface area contributed by atoms with E-state index in [2.05, 4.69) is 11.9 Å². The molecular formula is C13H19NO3S. The van der Waals surface area contributed by atoms with Crippen LogP contribution in [0.1, 0.15) is 30.8 Å². The van der Waals surface area contributed by atoms with E-state index in [0.29, 0.717) is 24.7 Å². The third-order valence-corrected chi connectivity index (χ3v) is 3.11. The van der Waals surface area contributed by atoms with E-state index < -0.39 is 5.97 Å². The van der Waals surface area contributed by atoms with Gasteiger partial charge in [-0.3, -0.25) is 0 Å². The van der Waals surface area contributed by atoms with Gasteiger partial charge in [-0.2, -0.15) is 11.8 Å². The molecule has 1 rings (SSSR count). The van der Waals surface area contributed by atoms with Gasteiger partial charge in [0, 0.05) is 0 Å². The van der Waals surface area contributed by atoms with Gasteiger partial charge in [0.1, 0.15) is 11.4 Å². The maximum atomic E-state index is 11.4. The van der Waals surface area contributed by atoms with Crippen LogP contribution in [0.2, 0.25) is 0 Å². The largest absolute Gasteiger partial charge is 0.492 e. The molecule has 0 N–H and O–H groups in total. The van der Waals surface area contributed by atoms with Gasteiger partial charge in [0.2, 0.25) is 0 Å². The lowest BCUT2D eigenvalue weighted by atomic mass is 10.3. The van der Waals surface area contributed by atoms with Crippen molar-refractivity contribution in [3.8, 4) is 5.75 Å². The van der Waals surface area contributed by atoms with Crippen LogP contribution in [0.3, 0.4) is 0 Å².